The molecule has 0 N–H and O–H groups in total. The van der Waals surface area contributed by atoms with E-state index < -0.39 is 0 Å². The molecule has 0 radical (unpaired) electrons. The lowest BCUT2D eigenvalue weighted by atomic mass is 10.0. The molecule has 2 aromatic carbocycles. The van der Waals surface area contributed by atoms with Gasteiger partial charge in [0.1, 0.15) is 5.02 Å². The number of esters is 1. The number of carbonyl (C=O) groups is 1. The van der Waals surface area contributed by atoms with Gasteiger partial charge in [0.25, 0.3) is 5.56 Å². The molecule has 0 amide bonds. The minimum atomic E-state index is -0.383. The van der Waals surface area contributed by atoms with Crippen molar-refractivity contribution in [3.05, 3.63) is 97.4 Å². The fourth-order valence-electron chi connectivity index (χ4n) is 3.64. The third-order valence-corrected chi connectivity index (χ3v) is 6.27. The van der Waals surface area contributed by atoms with Crippen molar-refractivity contribution in [3.8, 4) is 0 Å². The molecule has 0 saturated carbocycles. The summed E-state index contributed by atoms with van der Waals surface area (Å²) in [4.78, 5) is 26.6. The van der Waals surface area contributed by atoms with Crippen LogP contribution in [0.3, 0.4) is 0 Å². The molecule has 0 aliphatic heterocycles. The van der Waals surface area contributed by atoms with E-state index in [0.29, 0.717) is 41.7 Å². The van der Waals surface area contributed by atoms with Crippen LogP contribution in [0.25, 0.3) is 0 Å². The molecule has 3 aromatic rings. The van der Waals surface area contributed by atoms with Crippen LogP contribution in [0, 0.1) is 0 Å². The topological polar surface area (TPSA) is 51.5 Å². The summed E-state index contributed by atoms with van der Waals surface area (Å²) in [6.07, 6.45) is 0.581. The summed E-state index contributed by atoms with van der Waals surface area (Å²) in [5, 5.41) is 0.543. The van der Waals surface area contributed by atoms with E-state index in [1.165, 1.54) is 18.7 Å². The van der Waals surface area contributed by atoms with Crippen molar-refractivity contribution in [2.24, 2.45) is 0 Å². The van der Waals surface area contributed by atoms with Gasteiger partial charge in [0, 0.05) is 19.3 Å². The second-order valence-electron chi connectivity index (χ2n) is 8.29. The third-order valence-electron chi connectivity index (χ3n) is 5.67. The van der Waals surface area contributed by atoms with E-state index in [1.807, 2.05) is 31.3 Å². The summed E-state index contributed by atoms with van der Waals surface area (Å²) < 4.78 is 6.38. The Morgan fingerprint density at radius 1 is 1.06 bits per heavy atom. The van der Waals surface area contributed by atoms with E-state index in [-0.39, 0.29) is 16.6 Å². The SMILES string of the molecule is COC(=O)c1ccc(CCn2c(CN(C)c3cccc(C(C)C)c3)c(Cl)cc(Cl)c2=O)cc1. The lowest BCUT2D eigenvalue weighted by molar-refractivity contribution is 0.0600. The van der Waals surface area contributed by atoms with Gasteiger partial charge in [0.05, 0.1) is 29.9 Å². The van der Waals surface area contributed by atoms with Gasteiger partial charge < -0.3 is 14.2 Å². The Labute approximate surface area is 204 Å². The van der Waals surface area contributed by atoms with Crippen LogP contribution in [0.5, 0.6) is 0 Å². The molecule has 0 bridgehead atoms. The number of aryl methyl sites for hydroxylation is 1. The van der Waals surface area contributed by atoms with E-state index in [0.717, 1.165) is 11.3 Å². The molecule has 0 aliphatic carbocycles. The summed E-state index contributed by atoms with van der Waals surface area (Å²) in [5.74, 6) is 0.0347. The highest BCUT2D eigenvalue weighted by molar-refractivity contribution is 6.34. The molecule has 1 heterocycles. The number of ether oxygens (including phenoxy) is 1. The maximum absolute atomic E-state index is 12.9. The number of halogens is 2. The first kappa shape index (κ1) is 24.9. The molecule has 1 aromatic heterocycles. The molecule has 5 nitrogen and oxygen atoms in total. The van der Waals surface area contributed by atoms with E-state index in [1.54, 1.807) is 16.7 Å². The highest BCUT2D eigenvalue weighted by Crippen LogP contribution is 2.25. The van der Waals surface area contributed by atoms with Crippen LogP contribution < -0.4 is 10.5 Å². The Morgan fingerprint density at radius 3 is 2.39 bits per heavy atom. The van der Waals surface area contributed by atoms with Gasteiger partial charge in [0.15, 0.2) is 0 Å². The zero-order chi connectivity index (χ0) is 24.1. The average Bonchev–Trinajstić information content (AvgIpc) is 2.82. The van der Waals surface area contributed by atoms with Gasteiger partial charge in [-0.05, 0) is 53.8 Å². The molecular weight excluding hydrogens is 459 g/mol. The van der Waals surface area contributed by atoms with Gasteiger partial charge in [0.2, 0.25) is 0 Å². The number of nitrogens with zero attached hydrogens (tertiary/aromatic N) is 2. The van der Waals surface area contributed by atoms with Crippen LogP contribution in [0.4, 0.5) is 5.69 Å². The van der Waals surface area contributed by atoms with Crippen LogP contribution in [-0.4, -0.2) is 24.7 Å². The largest absolute Gasteiger partial charge is 0.465 e. The van der Waals surface area contributed by atoms with Crippen molar-refractivity contribution in [2.75, 3.05) is 19.1 Å². The lowest BCUT2D eigenvalue weighted by Crippen LogP contribution is -2.29. The normalized spacial score (nSPS) is 11.0. The molecule has 0 saturated heterocycles. The average molecular weight is 487 g/mol. The Balaban J connectivity index is 1.86. The number of hydrogen-bond acceptors (Lipinski definition) is 4. The predicted molar refractivity (Wildman–Crippen MR) is 135 cm³/mol. The number of benzene rings is 2. The lowest BCUT2D eigenvalue weighted by Gasteiger charge is -2.24. The van der Waals surface area contributed by atoms with Crippen LogP contribution >= 0.6 is 23.2 Å². The van der Waals surface area contributed by atoms with Crippen molar-refractivity contribution >= 4 is 34.9 Å². The van der Waals surface area contributed by atoms with E-state index in [4.69, 9.17) is 27.9 Å². The Hall–Kier alpha value is -2.76. The summed E-state index contributed by atoms with van der Waals surface area (Å²) in [6, 6.07) is 17.0. The molecule has 0 fully saturated rings. The van der Waals surface area contributed by atoms with Crippen molar-refractivity contribution in [2.45, 2.75) is 39.3 Å². The first-order valence-electron chi connectivity index (χ1n) is 10.8. The summed E-state index contributed by atoms with van der Waals surface area (Å²) in [7, 11) is 3.33. The molecule has 7 heteroatoms. The minimum Gasteiger partial charge on any atom is -0.465 e. The second kappa shape index (κ2) is 10.9. The maximum Gasteiger partial charge on any atom is 0.337 e. The van der Waals surface area contributed by atoms with Crippen molar-refractivity contribution in [3.63, 3.8) is 0 Å². The number of anilines is 1. The molecule has 0 aliphatic rings. The summed E-state index contributed by atoms with van der Waals surface area (Å²) in [5.41, 5.74) is 4.19. The molecule has 0 spiro atoms. The van der Waals surface area contributed by atoms with E-state index in [9.17, 15) is 9.59 Å². The zero-order valence-corrected chi connectivity index (χ0v) is 20.8. The third kappa shape index (κ3) is 5.98. The van der Waals surface area contributed by atoms with Gasteiger partial charge in [-0.25, -0.2) is 4.79 Å². The van der Waals surface area contributed by atoms with Gasteiger partial charge in [-0.2, -0.15) is 0 Å². The number of hydrogen-bond donors (Lipinski definition) is 0. The smallest absolute Gasteiger partial charge is 0.337 e. The van der Waals surface area contributed by atoms with Crippen LogP contribution in [0.15, 0.2) is 59.4 Å². The Kier molecular flexibility index (Phi) is 8.22. The number of carbonyl (C=O) groups excluding carboxylic acids is 1. The second-order valence-corrected chi connectivity index (χ2v) is 9.10. The highest BCUT2D eigenvalue weighted by atomic mass is 35.5. The highest BCUT2D eigenvalue weighted by Gasteiger charge is 2.16. The van der Waals surface area contributed by atoms with Crippen LogP contribution in [0.2, 0.25) is 10.0 Å². The van der Waals surface area contributed by atoms with E-state index in [2.05, 4.69) is 30.9 Å². The first-order valence-corrected chi connectivity index (χ1v) is 11.5. The molecule has 0 atom stereocenters. The fraction of sp³-hybridized carbons (Fsp3) is 0.308. The van der Waals surface area contributed by atoms with Gasteiger partial charge in [-0.3, -0.25) is 4.79 Å². The number of rotatable bonds is 8. The Bertz CT molecular complexity index is 1190. The number of methoxy groups -OCH3 is 1. The molecule has 33 heavy (non-hydrogen) atoms. The fourth-order valence-corrected chi connectivity index (χ4v) is 4.18. The Morgan fingerprint density at radius 2 is 1.76 bits per heavy atom. The standard InChI is InChI=1S/C26H28Cl2N2O3/c1-17(2)20-6-5-7-21(14-20)29(3)16-24-22(27)15-23(28)25(31)30(24)13-12-18-8-10-19(11-9-18)26(32)33-4/h5-11,14-15,17H,12-13,16H2,1-4H3. The summed E-state index contributed by atoms with van der Waals surface area (Å²) in [6.45, 7) is 5.18. The van der Waals surface area contributed by atoms with Crippen LogP contribution in [0.1, 0.15) is 46.9 Å². The summed E-state index contributed by atoms with van der Waals surface area (Å²) >= 11 is 12.7. The maximum atomic E-state index is 12.9. The van der Waals surface area contributed by atoms with E-state index >= 15 is 0 Å². The molecule has 0 unspecified atom stereocenters. The van der Waals surface area contributed by atoms with Gasteiger partial charge >= 0.3 is 5.97 Å². The quantitative estimate of drug-likeness (QED) is 0.369. The molecule has 174 valence electrons. The predicted octanol–water partition coefficient (Wildman–Crippen LogP) is 5.94. The molecule has 3 rings (SSSR count). The minimum absolute atomic E-state index is 0.0919. The monoisotopic (exact) mass is 486 g/mol. The number of aromatic nitrogens is 1. The van der Waals surface area contributed by atoms with Gasteiger partial charge in [-0.15, -0.1) is 0 Å². The molecular formula is C26H28Cl2N2O3. The van der Waals surface area contributed by atoms with Crippen molar-refractivity contribution in [1.29, 1.82) is 0 Å². The van der Waals surface area contributed by atoms with Crippen molar-refractivity contribution in [1.82, 2.24) is 4.57 Å². The number of pyridine rings is 1. The first-order chi connectivity index (χ1) is 15.7. The van der Waals surface area contributed by atoms with Gasteiger partial charge in [-0.1, -0.05) is 61.3 Å². The van der Waals surface area contributed by atoms with Crippen molar-refractivity contribution < 1.29 is 9.53 Å². The van der Waals surface area contributed by atoms with Crippen LogP contribution in [-0.2, 0) is 24.2 Å². The zero-order valence-electron chi connectivity index (χ0n) is 19.3.